The van der Waals surface area contributed by atoms with E-state index in [9.17, 15) is 19.6 Å². The summed E-state index contributed by atoms with van der Waals surface area (Å²) in [5.74, 6) is -0.114. The molecule has 0 aliphatic heterocycles. The van der Waals surface area contributed by atoms with Gasteiger partial charge in [0.2, 0.25) is 11.6 Å². The third-order valence-corrected chi connectivity index (χ3v) is 4.38. The summed E-state index contributed by atoms with van der Waals surface area (Å²) in [5, 5.41) is 18.7. The van der Waals surface area contributed by atoms with E-state index in [-0.39, 0.29) is 23.0 Å². The molecule has 0 saturated carbocycles. The van der Waals surface area contributed by atoms with E-state index >= 15 is 0 Å². The van der Waals surface area contributed by atoms with Crippen molar-refractivity contribution >= 4 is 24.1 Å². The van der Waals surface area contributed by atoms with Crippen molar-refractivity contribution in [2.75, 3.05) is 0 Å². The van der Waals surface area contributed by atoms with Gasteiger partial charge in [-0.3, -0.25) is 9.59 Å². The van der Waals surface area contributed by atoms with Crippen LogP contribution in [-0.2, 0) is 7.05 Å². The molecule has 2 N–H and O–H groups in total. The summed E-state index contributed by atoms with van der Waals surface area (Å²) in [6, 6.07) is 13.2. The van der Waals surface area contributed by atoms with Gasteiger partial charge in [-0.25, -0.2) is 4.98 Å². The van der Waals surface area contributed by atoms with E-state index in [4.69, 9.17) is 0 Å². The van der Waals surface area contributed by atoms with Gasteiger partial charge in [-0.05, 0) is 5.46 Å². The highest BCUT2D eigenvalue weighted by Gasteiger charge is 2.35. The van der Waals surface area contributed by atoms with E-state index in [1.165, 1.54) is 0 Å². The first-order valence-corrected chi connectivity index (χ1v) is 7.70. The Balaban J connectivity index is 1.91. The lowest BCUT2D eigenvalue weighted by Gasteiger charge is -2.14. The number of carbonyl (C=O) groups excluding carboxylic acids is 2. The van der Waals surface area contributed by atoms with E-state index in [1.54, 1.807) is 60.1 Å². The standard InChI is InChI=1S/C18H13BN2O4/c1-21-15-14(16(22)12-7-2-3-8-13(12)17(15)23)20-18(21)10-5-4-6-11(9-10)19(24)25/h2-9,24-25H,1H3. The van der Waals surface area contributed by atoms with Gasteiger partial charge in [-0.1, -0.05) is 48.5 Å². The second-order valence-electron chi connectivity index (χ2n) is 5.89. The first kappa shape index (κ1) is 15.5. The van der Waals surface area contributed by atoms with Crippen LogP contribution in [0.15, 0.2) is 48.5 Å². The lowest BCUT2D eigenvalue weighted by atomic mass is 9.79. The Morgan fingerprint density at radius 3 is 2.32 bits per heavy atom. The number of carbonyl (C=O) groups is 2. The molecule has 0 spiro atoms. The molecular weight excluding hydrogens is 319 g/mol. The fourth-order valence-electron chi connectivity index (χ4n) is 3.15. The van der Waals surface area contributed by atoms with Crippen LogP contribution in [0.3, 0.4) is 0 Å². The predicted octanol–water partition coefficient (Wildman–Crippen LogP) is 0.542. The summed E-state index contributed by atoms with van der Waals surface area (Å²) in [6.45, 7) is 0. The first-order chi connectivity index (χ1) is 12.0. The molecule has 6 nitrogen and oxygen atoms in total. The number of imidazole rings is 1. The molecule has 25 heavy (non-hydrogen) atoms. The van der Waals surface area contributed by atoms with Crippen LogP contribution in [0.4, 0.5) is 0 Å². The lowest BCUT2D eigenvalue weighted by molar-refractivity contribution is 0.0971. The van der Waals surface area contributed by atoms with Gasteiger partial charge < -0.3 is 14.6 Å². The van der Waals surface area contributed by atoms with Gasteiger partial charge in [0.15, 0.2) is 0 Å². The zero-order chi connectivity index (χ0) is 17.7. The molecule has 2 aromatic carbocycles. The molecule has 1 aromatic heterocycles. The molecule has 0 atom stereocenters. The van der Waals surface area contributed by atoms with Crippen molar-refractivity contribution in [2.45, 2.75) is 0 Å². The van der Waals surface area contributed by atoms with Gasteiger partial charge in [0.25, 0.3) is 0 Å². The molecule has 4 rings (SSSR count). The van der Waals surface area contributed by atoms with Crippen molar-refractivity contribution < 1.29 is 19.6 Å². The number of fused-ring (bicyclic) bond motifs is 2. The monoisotopic (exact) mass is 332 g/mol. The van der Waals surface area contributed by atoms with Crippen molar-refractivity contribution in [2.24, 2.45) is 7.05 Å². The highest BCUT2D eigenvalue weighted by Crippen LogP contribution is 2.30. The van der Waals surface area contributed by atoms with Crippen molar-refractivity contribution in [1.82, 2.24) is 9.55 Å². The molecule has 0 bridgehead atoms. The van der Waals surface area contributed by atoms with Crippen molar-refractivity contribution in [3.63, 3.8) is 0 Å². The molecule has 3 aromatic rings. The van der Waals surface area contributed by atoms with Crippen LogP contribution in [0, 0.1) is 0 Å². The Bertz CT molecular complexity index is 1040. The summed E-state index contributed by atoms with van der Waals surface area (Å²) in [4.78, 5) is 29.9. The smallest absolute Gasteiger partial charge is 0.423 e. The van der Waals surface area contributed by atoms with Gasteiger partial charge in [0.05, 0.1) is 0 Å². The average Bonchev–Trinajstić information content (AvgIpc) is 2.97. The summed E-state index contributed by atoms with van der Waals surface area (Å²) in [7, 11) is 0.0601. The minimum Gasteiger partial charge on any atom is -0.423 e. The SMILES string of the molecule is Cn1c(-c2cccc(B(O)O)c2)nc2c1C(=O)c1ccccc1C2=O. The van der Waals surface area contributed by atoms with Gasteiger partial charge >= 0.3 is 7.12 Å². The highest BCUT2D eigenvalue weighted by atomic mass is 16.4. The summed E-state index contributed by atoms with van der Waals surface area (Å²) >= 11 is 0. The summed E-state index contributed by atoms with van der Waals surface area (Å²) < 4.78 is 1.58. The summed E-state index contributed by atoms with van der Waals surface area (Å²) in [5.41, 5.74) is 1.98. The maximum atomic E-state index is 12.8. The van der Waals surface area contributed by atoms with E-state index in [0.717, 1.165) is 0 Å². The van der Waals surface area contributed by atoms with Crippen molar-refractivity contribution in [3.8, 4) is 11.4 Å². The minimum atomic E-state index is -1.61. The number of aromatic nitrogens is 2. The quantitative estimate of drug-likeness (QED) is 0.523. The molecule has 122 valence electrons. The van der Waals surface area contributed by atoms with Gasteiger partial charge in [0, 0.05) is 23.7 Å². The lowest BCUT2D eigenvalue weighted by Crippen LogP contribution is -2.29. The van der Waals surface area contributed by atoms with Gasteiger partial charge in [-0.15, -0.1) is 0 Å². The second-order valence-corrected chi connectivity index (χ2v) is 5.89. The number of ketones is 2. The Hall–Kier alpha value is -3.03. The van der Waals surface area contributed by atoms with E-state index < -0.39 is 7.12 Å². The Kier molecular flexibility index (Phi) is 3.42. The van der Waals surface area contributed by atoms with E-state index in [2.05, 4.69) is 4.98 Å². The maximum Gasteiger partial charge on any atom is 0.488 e. The van der Waals surface area contributed by atoms with Crippen molar-refractivity contribution in [3.05, 3.63) is 71.0 Å². The van der Waals surface area contributed by atoms with Crippen LogP contribution >= 0.6 is 0 Å². The molecule has 7 heteroatoms. The minimum absolute atomic E-state index is 0.121. The Labute approximate surface area is 143 Å². The van der Waals surface area contributed by atoms with Gasteiger partial charge in [0.1, 0.15) is 17.2 Å². The van der Waals surface area contributed by atoms with Crippen LogP contribution in [0.1, 0.15) is 32.1 Å². The van der Waals surface area contributed by atoms with Gasteiger partial charge in [-0.2, -0.15) is 0 Å². The number of rotatable bonds is 2. The second kappa shape index (κ2) is 5.51. The van der Waals surface area contributed by atoms with Crippen LogP contribution in [0.2, 0.25) is 0 Å². The maximum absolute atomic E-state index is 12.8. The third kappa shape index (κ3) is 2.25. The summed E-state index contributed by atoms with van der Waals surface area (Å²) in [6.07, 6.45) is 0. The molecule has 0 radical (unpaired) electrons. The average molecular weight is 332 g/mol. The molecule has 0 saturated heterocycles. The Morgan fingerprint density at radius 2 is 1.64 bits per heavy atom. The fraction of sp³-hybridized carbons (Fsp3) is 0.0556. The number of nitrogens with zero attached hydrogens (tertiary/aromatic N) is 2. The predicted molar refractivity (Wildman–Crippen MR) is 91.8 cm³/mol. The third-order valence-electron chi connectivity index (χ3n) is 4.38. The first-order valence-electron chi connectivity index (χ1n) is 7.70. The fourth-order valence-corrected chi connectivity index (χ4v) is 3.15. The van der Waals surface area contributed by atoms with E-state index in [1.807, 2.05) is 0 Å². The number of hydrogen-bond acceptors (Lipinski definition) is 5. The highest BCUT2D eigenvalue weighted by molar-refractivity contribution is 6.58. The molecule has 1 heterocycles. The molecule has 0 unspecified atom stereocenters. The van der Waals surface area contributed by atoms with Crippen molar-refractivity contribution in [1.29, 1.82) is 0 Å². The molecular formula is C18H13BN2O4. The largest absolute Gasteiger partial charge is 0.488 e. The van der Waals surface area contributed by atoms with Crippen LogP contribution < -0.4 is 5.46 Å². The normalized spacial score (nSPS) is 12.8. The number of benzene rings is 2. The van der Waals surface area contributed by atoms with Crippen LogP contribution in [0.5, 0.6) is 0 Å². The number of hydrogen-bond donors (Lipinski definition) is 2. The molecule has 1 aliphatic rings. The zero-order valence-corrected chi connectivity index (χ0v) is 13.3. The molecule has 0 amide bonds. The van der Waals surface area contributed by atoms with Crippen LogP contribution in [0.25, 0.3) is 11.4 Å². The van der Waals surface area contributed by atoms with E-state index in [0.29, 0.717) is 28.0 Å². The molecule has 1 aliphatic carbocycles. The topological polar surface area (TPSA) is 92.4 Å². The Morgan fingerprint density at radius 1 is 0.960 bits per heavy atom. The van der Waals surface area contributed by atoms with Crippen LogP contribution in [-0.4, -0.2) is 38.3 Å². The molecule has 0 fully saturated rings. The zero-order valence-electron chi connectivity index (χ0n) is 13.3.